The molecule has 0 bridgehead atoms. The number of hydrogen-bond donors (Lipinski definition) is 0. The SMILES string of the molecule is CCCCCCCC1CCC(c2ccc(-c3cccc(Cl)c3-c3ccc(OC)cc3)cc2)CC1. The van der Waals surface area contributed by atoms with Gasteiger partial charge in [-0.05, 0) is 78.0 Å². The summed E-state index contributed by atoms with van der Waals surface area (Å²) >= 11 is 6.68. The van der Waals surface area contributed by atoms with E-state index in [-0.39, 0.29) is 0 Å². The van der Waals surface area contributed by atoms with Crippen LogP contribution >= 0.6 is 11.6 Å². The fourth-order valence-electron chi connectivity index (χ4n) is 5.57. The molecule has 1 fully saturated rings. The number of unbranched alkanes of at least 4 members (excludes halogenated alkanes) is 4. The van der Waals surface area contributed by atoms with E-state index in [2.05, 4.69) is 49.4 Å². The molecule has 1 aliphatic carbocycles. The maximum atomic E-state index is 6.68. The predicted molar refractivity (Wildman–Crippen MR) is 147 cm³/mol. The van der Waals surface area contributed by atoms with Gasteiger partial charge in [-0.1, -0.05) is 106 Å². The zero-order valence-electron chi connectivity index (χ0n) is 20.9. The number of ether oxygens (including phenoxy) is 1. The van der Waals surface area contributed by atoms with Gasteiger partial charge >= 0.3 is 0 Å². The van der Waals surface area contributed by atoms with Crippen LogP contribution in [0.2, 0.25) is 5.02 Å². The van der Waals surface area contributed by atoms with Gasteiger partial charge in [-0.25, -0.2) is 0 Å². The number of benzene rings is 3. The topological polar surface area (TPSA) is 9.23 Å². The summed E-state index contributed by atoms with van der Waals surface area (Å²) in [5, 5.41) is 0.778. The van der Waals surface area contributed by atoms with Gasteiger partial charge in [0.05, 0.1) is 7.11 Å². The largest absolute Gasteiger partial charge is 0.497 e. The van der Waals surface area contributed by atoms with Gasteiger partial charge < -0.3 is 4.74 Å². The van der Waals surface area contributed by atoms with Crippen molar-refractivity contribution >= 4 is 11.6 Å². The fourth-order valence-corrected chi connectivity index (χ4v) is 5.86. The van der Waals surface area contributed by atoms with Crippen LogP contribution in [0.4, 0.5) is 0 Å². The van der Waals surface area contributed by atoms with Crippen molar-refractivity contribution in [2.75, 3.05) is 7.11 Å². The molecule has 0 spiro atoms. The van der Waals surface area contributed by atoms with E-state index in [1.165, 1.54) is 80.9 Å². The highest BCUT2D eigenvalue weighted by molar-refractivity contribution is 6.34. The summed E-state index contributed by atoms with van der Waals surface area (Å²) in [6.45, 7) is 2.29. The molecule has 180 valence electrons. The molecule has 1 saturated carbocycles. The molecule has 3 aromatic rings. The summed E-state index contributed by atoms with van der Waals surface area (Å²) in [7, 11) is 1.69. The second-order valence-electron chi connectivity index (χ2n) is 9.93. The molecule has 0 aromatic heterocycles. The minimum absolute atomic E-state index is 0.714. The first-order chi connectivity index (χ1) is 16.7. The molecular weight excluding hydrogens is 436 g/mol. The molecule has 0 heterocycles. The van der Waals surface area contributed by atoms with Gasteiger partial charge in [-0.3, -0.25) is 0 Å². The minimum Gasteiger partial charge on any atom is -0.497 e. The van der Waals surface area contributed by atoms with Crippen LogP contribution in [0.25, 0.3) is 22.3 Å². The summed E-state index contributed by atoms with van der Waals surface area (Å²) in [6, 6.07) is 23.6. The van der Waals surface area contributed by atoms with Crippen molar-refractivity contribution in [1.29, 1.82) is 0 Å². The third-order valence-corrected chi connectivity index (χ3v) is 7.96. The smallest absolute Gasteiger partial charge is 0.118 e. The number of hydrogen-bond acceptors (Lipinski definition) is 1. The van der Waals surface area contributed by atoms with Gasteiger partial charge in [-0.2, -0.15) is 0 Å². The quantitative estimate of drug-likeness (QED) is 0.265. The maximum Gasteiger partial charge on any atom is 0.118 e. The zero-order valence-corrected chi connectivity index (χ0v) is 21.6. The van der Waals surface area contributed by atoms with Crippen molar-refractivity contribution in [1.82, 2.24) is 0 Å². The van der Waals surface area contributed by atoms with Crippen molar-refractivity contribution in [3.63, 3.8) is 0 Å². The standard InChI is InChI=1S/C32H39ClO/c1-3-4-5-6-7-9-24-12-14-25(15-13-24)26-16-18-27(19-17-26)30-10-8-11-31(33)32(30)28-20-22-29(34-2)23-21-28/h8,10-11,16-25H,3-7,9,12-15H2,1-2H3. The molecule has 0 saturated heterocycles. The Morgan fingerprint density at radius 3 is 2.12 bits per heavy atom. The molecule has 1 nitrogen and oxygen atoms in total. The lowest BCUT2D eigenvalue weighted by molar-refractivity contribution is 0.302. The van der Waals surface area contributed by atoms with Gasteiger partial charge in [0.15, 0.2) is 0 Å². The summed E-state index contributed by atoms with van der Waals surface area (Å²) in [5.41, 5.74) is 6.09. The van der Waals surface area contributed by atoms with E-state index >= 15 is 0 Å². The number of halogens is 1. The molecule has 0 unspecified atom stereocenters. The van der Waals surface area contributed by atoms with Crippen molar-refractivity contribution in [3.8, 4) is 28.0 Å². The van der Waals surface area contributed by atoms with Crippen LogP contribution in [-0.4, -0.2) is 7.11 Å². The highest BCUT2D eigenvalue weighted by atomic mass is 35.5. The lowest BCUT2D eigenvalue weighted by Gasteiger charge is -2.29. The molecule has 2 heteroatoms. The third kappa shape index (κ3) is 6.25. The van der Waals surface area contributed by atoms with E-state index in [1.54, 1.807) is 7.11 Å². The molecule has 0 atom stereocenters. The lowest BCUT2D eigenvalue weighted by atomic mass is 9.77. The Bertz CT molecular complexity index is 1010. The molecule has 4 rings (SSSR count). The molecule has 0 radical (unpaired) electrons. The van der Waals surface area contributed by atoms with E-state index < -0.39 is 0 Å². The molecule has 0 aliphatic heterocycles. The van der Waals surface area contributed by atoms with Crippen LogP contribution in [0.15, 0.2) is 66.7 Å². The Labute approximate surface area is 211 Å². The van der Waals surface area contributed by atoms with Crippen LogP contribution in [-0.2, 0) is 0 Å². The van der Waals surface area contributed by atoms with Crippen molar-refractivity contribution < 1.29 is 4.74 Å². The average Bonchev–Trinajstić information content (AvgIpc) is 2.89. The lowest BCUT2D eigenvalue weighted by Crippen LogP contribution is -2.13. The Balaban J connectivity index is 1.41. The van der Waals surface area contributed by atoms with Crippen LogP contribution in [0.3, 0.4) is 0 Å². The molecule has 1 aliphatic rings. The summed E-state index contributed by atoms with van der Waals surface area (Å²) < 4.78 is 5.33. The minimum atomic E-state index is 0.714. The molecular formula is C32H39ClO. The molecule has 3 aromatic carbocycles. The van der Waals surface area contributed by atoms with Crippen LogP contribution in [0.5, 0.6) is 5.75 Å². The normalized spacial score (nSPS) is 18.1. The molecule has 34 heavy (non-hydrogen) atoms. The monoisotopic (exact) mass is 474 g/mol. The first-order valence-corrected chi connectivity index (χ1v) is 13.6. The van der Waals surface area contributed by atoms with Crippen LogP contribution in [0.1, 0.15) is 82.6 Å². The fraction of sp³-hybridized carbons (Fsp3) is 0.438. The highest BCUT2D eigenvalue weighted by Gasteiger charge is 2.22. The highest BCUT2D eigenvalue weighted by Crippen LogP contribution is 2.41. The van der Waals surface area contributed by atoms with Crippen LogP contribution < -0.4 is 4.74 Å². The number of methoxy groups -OCH3 is 1. The third-order valence-electron chi connectivity index (χ3n) is 7.65. The Morgan fingerprint density at radius 2 is 1.44 bits per heavy atom. The van der Waals surface area contributed by atoms with Crippen molar-refractivity contribution in [2.45, 2.75) is 77.0 Å². The first-order valence-electron chi connectivity index (χ1n) is 13.2. The molecule has 0 N–H and O–H groups in total. The van der Waals surface area contributed by atoms with E-state index in [0.717, 1.165) is 27.8 Å². The second-order valence-corrected chi connectivity index (χ2v) is 10.3. The Hall–Kier alpha value is -2.25. The Morgan fingerprint density at radius 1 is 0.765 bits per heavy atom. The maximum absolute atomic E-state index is 6.68. The van der Waals surface area contributed by atoms with E-state index in [9.17, 15) is 0 Å². The van der Waals surface area contributed by atoms with Gasteiger partial charge in [0.1, 0.15) is 5.75 Å². The van der Waals surface area contributed by atoms with Gasteiger partial charge in [0.25, 0.3) is 0 Å². The summed E-state index contributed by atoms with van der Waals surface area (Å²) in [6.07, 6.45) is 13.9. The average molecular weight is 475 g/mol. The van der Waals surface area contributed by atoms with Crippen molar-refractivity contribution in [3.05, 3.63) is 77.3 Å². The second kappa shape index (κ2) is 12.5. The first kappa shape index (κ1) is 24.9. The van der Waals surface area contributed by atoms with Gasteiger partial charge in [0, 0.05) is 10.6 Å². The van der Waals surface area contributed by atoms with Gasteiger partial charge in [-0.15, -0.1) is 0 Å². The van der Waals surface area contributed by atoms with Crippen molar-refractivity contribution in [2.24, 2.45) is 5.92 Å². The predicted octanol–water partition coefficient (Wildman–Crippen LogP) is 10.3. The number of rotatable bonds is 10. The summed E-state index contributed by atoms with van der Waals surface area (Å²) in [4.78, 5) is 0. The van der Waals surface area contributed by atoms with E-state index in [1.807, 2.05) is 24.3 Å². The van der Waals surface area contributed by atoms with E-state index in [4.69, 9.17) is 16.3 Å². The summed E-state index contributed by atoms with van der Waals surface area (Å²) in [5.74, 6) is 2.52. The van der Waals surface area contributed by atoms with E-state index in [0.29, 0.717) is 5.92 Å². The van der Waals surface area contributed by atoms with Gasteiger partial charge in [0.2, 0.25) is 0 Å². The Kier molecular flexibility index (Phi) is 9.11. The zero-order chi connectivity index (χ0) is 23.8. The van der Waals surface area contributed by atoms with Crippen LogP contribution in [0, 0.1) is 5.92 Å². The molecule has 0 amide bonds.